The molecule has 1 unspecified atom stereocenters. The fraction of sp³-hybridized carbons (Fsp3) is 0.875. The number of aromatic nitrogens is 3. The minimum absolute atomic E-state index is 0.642. The third-order valence-corrected chi connectivity index (χ3v) is 4.81. The van der Waals surface area contributed by atoms with Gasteiger partial charge in [0.05, 0.1) is 0 Å². The number of nitrogens with zero attached hydrogens (tertiary/aromatic N) is 3. The number of aryl methyl sites for hydroxylation is 2. The summed E-state index contributed by atoms with van der Waals surface area (Å²) in [7, 11) is 0. The number of hydrogen-bond acceptors (Lipinski definition) is 3. The van der Waals surface area contributed by atoms with Crippen molar-refractivity contribution in [3.05, 3.63) is 11.6 Å². The van der Waals surface area contributed by atoms with Crippen LogP contribution in [0.3, 0.4) is 0 Å². The Hall–Kier alpha value is -0.900. The highest BCUT2D eigenvalue weighted by Gasteiger charge is 2.21. The first-order valence-electron chi connectivity index (χ1n) is 8.36. The van der Waals surface area contributed by atoms with Crippen LogP contribution in [0.4, 0.5) is 0 Å². The Morgan fingerprint density at radius 2 is 1.95 bits per heavy atom. The summed E-state index contributed by atoms with van der Waals surface area (Å²) < 4.78 is 2.42. The molecule has 1 atom stereocenters. The van der Waals surface area contributed by atoms with Gasteiger partial charge in [0.15, 0.2) is 0 Å². The Kier molecular flexibility index (Phi) is 6.02. The standard InChI is InChI=1S/C16H30N4/c1-3-14(11-12-17)9-10-16-19-18-13(2)20(16)15-7-5-4-6-8-15/h14-15H,3-12,17H2,1-2H3. The van der Waals surface area contributed by atoms with Crippen molar-refractivity contribution in [3.8, 4) is 0 Å². The third kappa shape index (κ3) is 3.81. The average molecular weight is 278 g/mol. The predicted molar refractivity (Wildman–Crippen MR) is 82.7 cm³/mol. The molecule has 20 heavy (non-hydrogen) atoms. The molecule has 0 radical (unpaired) electrons. The van der Waals surface area contributed by atoms with Crippen LogP contribution in [0.2, 0.25) is 0 Å². The molecule has 1 saturated carbocycles. The maximum Gasteiger partial charge on any atom is 0.133 e. The van der Waals surface area contributed by atoms with Crippen LogP contribution in [0.5, 0.6) is 0 Å². The molecule has 4 nitrogen and oxygen atoms in total. The van der Waals surface area contributed by atoms with Crippen molar-refractivity contribution in [2.24, 2.45) is 11.7 Å². The summed E-state index contributed by atoms with van der Waals surface area (Å²) in [6.45, 7) is 5.16. The fourth-order valence-corrected chi connectivity index (χ4v) is 3.52. The highest BCUT2D eigenvalue weighted by Crippen LogP contribution is 2.30. The first-order valence-corrected chi connectivity index (χ1v) is 8.36. The molecule has 1 aliphatic rings. The Labute approximate surface area is 123 Å². The molecule has 1 aliphatic carbocycles. The van der Waals surface area contributed by atoms with Gasteiger partial charge in [-0.05, 0) is 45.1 Å². The van der Waals surface area contributed by atoms with Crippen molar-refractivity contribution in [3.63, 3.8) is 0 Å². The lowest BCUT2D eigenvalue weighted by atomic mass is 9.94. The summed E-state index contributed by atoms with van der Waals surface area (Å²) in [6.07, 6.45) is 11.3. The second kappa shape index (κ2) is 7.77. The predicted octanol–water partition coefficient (Wildman–Crippen LogP) is 3.40. The van der Waals surface area contributed by atoms with Crippen molar-refractivity contribution in [1.82, 2.24) is 14.8 Å². The van der Waals surface area contributed by atoms with Gasteiger partial charge in [0.1, 0.15) is 11.6 Å². The molecule has 0 saturated heterocycles. The summed E-state index contributed by atoms with van der Waals surface area (Å²) in [6, 6.07) is 0.642. The first-order chi connectivity index (χ1) is 9.76. The minimum atomic E-state index is 0.642. The van der Waals surface area contributed by atoms with Gasteiger partial charge in [-0.3, -0.25) is 0 Å². The lowest BCUT2D eigenvalue weighted by Gasteiger charge is -2.25. The topological polar surface area (TPSA) is 56.7 Å². The first kappa shape index (κ1) is 15.5. The van der Waals surface area contributed by atoms with Crippen molar-refractivity contribution in [2.75, 3.05) is 6.54 Å². The minimum Gasteiger partial charge on any atom is -0.330 e. The molecule has 1 aromatic rings. The van der Waals surface area contributed by atoms with Crippen LogP contribution in [-0.2, 0) is 6.42 Å². The Balaban J connectivity index is 2.00. The van der Waals surface area contributed by atoms with Gasteiger partial charge in [0, 0.05) is 12.5 Å². The zero-order valence-electron chi connectivity index (χ0n) is 13.1. The summed E-state index contributed by atoms with van der Waals surface area (Å²) in [5, 5.41) is 8.77. The summed E-state index contributed by atoms with van der Waals surface area (Å²) in [5.74, 6) is 3.03. The van der Waals surface area contributed by atoms with Crippen molar-refractivity contribution in [2.45, 2.75) is 77.7 Å². The van der Waals surface area contributed by atoms with E-state index in [9.17, 15) is 0 Å². The Morgan fingerprint density at radius 1 is 1.20 bits per heavy atom. The van der Waals surface area contributed by atoms with Crippen LogP contribution in [0.15, 0.2) is 0 Å². The molecule has 0 bridgehead atoms. The molecular formula is C16H30N4. The van der Waals surface area contributed by atoms with Crippen LogP contribution in [0.25, 0.3) is 0 Å². The molecule has 2 rings (SSSR count). The molecule has 0 amide bonds. The quantitative estimate of drug-likeness (QED) is 0.831. The fourth-order valence-electron chi connectivity index (χ4n) is 3.52. The van der Waals surface area contributed by atoms with Crippen LogP contribution in [-0.4, -0.2) is 21.3 Å². The van der Waals surface area contributed by atoms with Gasteiger partial charge in [-0.15, -0.1) is 10.2 Å². The van der Waals surface area contributed by atoms with Gasteiger partial charge in [-0.25, -0.2) is 0 Å². The van der Waals surface area contributed by atoms with E-state index in [2.05, 4.69) is 28.6 Å². The van der Waals surface area contributed by atoms with Gasteiger partial charge in [0.25, 0.3) is 0 Å². The smallest absolute Gasteiger partial charge is 0.133 e. The van der Waals surface area contributed by atoms with E-state index in [4.69, 9.17) is 5.73 Å². The summed E-state index contributed by atoms with van der Waals surface area (Å²) in [5.41, 5.74) is 5.69. The highest BCUT2D eigenvalue weighted by atomic mass is 15.3. The highest BCUT2D eigenvalue weighted by molar-refractivity contribution is 4.98. The zero-order valence-corrected chi connectivity index (χ0v) is 13.1. The van der Waals surface area contributed by atoms with E-state index in [0.717, 1.165) is 31.1 Å². The Bertz CT molecular complexity index is 393. The van der Waals surface area contributed by atoms with E-state index in [-0.39, 0.29) is 0 Å². The Morgan fingerprint density at radius 3 is 2.60 bits per heavy atom. The largest absolute Gasteiger partial charge is 0.330 e. The molecule has 2 N–H and O–H groups in total. The summed E-state index contributed by atoms with van der Waals surface area (Å²) in [4.78, 5) is 0. The SMILES string of the molecule is CCC(CCN)CCc1nnc(C)n1C1CCCCC1. The molecule has 1 aromatic heterocycles. The number of hydrogen-bond donors (Lipinski definition) is 1. The van der Waals surface area contributed by atoms with Crippen LogP contribution in [0, 0.1) is 12.8 Å². The van der Waals surface area contributed by atoms with Crippen molar-refractivity contribution < 1.29 is 0 Å². The van der Waals surface area contributed by atoms with Gasteiger partial charge >= 0.3 is 0 Å². The molecular weight excluding hydrogens is 248 g/mol. The normalized spacial score (nSPS) is 18.4. The van der Waals surface area contributed by atoms with E-state index < -0.39 is 0 Å². The van der Waals surface area contributed by atoms with Gasteiger partial charge in [0.2, 0.25) is 0 Å². The van der Waals surface area contributed by atoms with Crippen LogP contribution in [0.1, 0.15) is 76.0 Å². The van der Waals surface area contributed by atoms with E-state index >= 15 is 0 Å². The van der Waals surface area contributed by atoms with E-state index in [1.165, 1.54) is 50.8 Å². The zero-order chi connectivity index (χ0) is 14.4. The number of nitrogens with two attached hydrogens (primary N) is 1. The number of rotatable bonds is 7. The molecule has 0 spiro atoms. The van der Waals surface area contributed by atoms with E-state index in [1.807, 2.05) is 0 Å². The molecule has 1 fully saturated rings. The summed E-state index contributed by atoms with van der Waals surface area (Å²) >= 11 is 0. The molecule has 114 valence electrons. The lowest BCUT2D eigenvalue weighted by Crippen LogP contribution is -2.18. The molecule has 1 heterocycles. The maximum absolute atomic E-state index is 5.69. The molecule has 0 aliphatic heterocycles. The van der Waals surface area contributed by atoms with Crippen molar-refractivity contribution in [1.29, 1.82) is 0 Å². The van der Waals surface area contributed by atoms with Gasteiger partial charge in [-0.2, -0.15) is 0 Å². The maximum atomic E-state index is 5.69. The monoisotopic (exact) mass is 278 g/mol. The average Bonchev–Trinajstić information content (AvgIpc) is 2.85. The van der Waals surface area contributed by atoms with E-state index in [0.29, 0.717) is 6.04 Å². The second-order valence-electron chi connectivity index (χ2n) is 6.22. The molecule has 0 aromatic carbocycles. The molecule has 4 heteroatoms. The van der Waals surface area contributed by atoms with Crippen LogP contribution >= 0.6 is 0 Å². The third-order valence-electron chi connectivity index (χ3n) is 4.81. The van der Waals surface area contributed by atoms with Crippen molar-refractivity contribution >= 4 is 0 Å². The van der Waals surface area contributed by atoms with E-state index in [1.54, 1.807) is 0 Å². The van der Waals surface area contributed by atoms with Gasteiger partial charge in [-0.1, -0.05) is 32.6 Å². The second-order valence-corrected chi connectivity index (χ2v) is 6.22. The van der Waals surface area contributed by atoms with Gasteiger partial charge < -0.3 is 10.3 Å². The van der Waals surface area contributed by atoms with Crippen LogP contribution < -0.4 is 5.73 Å². The lowest BCUT2D eigenvalue weighted by molar-refractivity contribution is 0.336.